The van der Waals surface area contributed by atoms with Crippen molar-refractivity contribution in [3.8, 4) is 0 Å². The van der Waals surface area contributed by atoms with Gasteiger partial charge in [-0.2, -0.15) is 0 Å². The van der Waals surface area contributed by atoms with Crippen molar-refractivity contribution in [1.82, 2.24) is 4.98 Å². The van der Waals surface area contributed by atoms with Gasteiger partial charge in [-0.1, -0.05) is 5.11 Å². The van der Waals surface area contributed by atoms with Crippen LogP contribution in [0.1, 0.15) is 17.0 Å². The first-order valence-electron chi connectivity index (χ1n) is 5.37. The third-order valence-electron chi connectivity index (χ3n) is 2.86. The van der Waals surface area contributed by atoms with Crippen LogP contribution in [0.4, 0.5) is 5.13 Å². The zero-order valence-electron chi connectivity index (χ0n) is 9.75. The van der Waals surface area contributed by atoms with Crippen LogP contribution in [0.2, 0.25) is 0 Å². The van der Waals surface area contributed by atoms with Crippen LogP contribution in [0.15, 0.2) is 5.11 Å². The van der Waals surface area contributed by atoms with Gasteiger partial charge in [-0.15, -0.1) is 11.3 Å². The molecule has 1 atom stereocenters. The summed E-state index contributed by atoms with van der Waals surface area (Å²) in [6.07, 6.45) is 0.441. The predicted octanol–water partition coefficient (Wildman–Crippen LogP) is 2.42. The zero-order valence-corrected chi connectivity index (χ0v) is 10.6. The van der Waals surface area contributed by atoms with Crippen molar-refractivity contribution in [1.29, 1.82) is 0 Å². The lowest BCUT2D eigenvalue weighted by Gasteiger charge is -2.11. The first-order valence-corrected chi connectivity index (χ1v) is 6.18. The van der Waals surface area contributed by atoms with Gasteiger partial charge in [0, 0.05) is 29.3 Å². The number of nitrogens with zero attached hydrogens (tertiary/aromatic N) is 5. The van der Waals surface area contributed by atoms with E-state index in [1.54, 1.807) is 4.90 Å². The van der Waals surface area contributed by atoms with E-state index in [0.29, 0.717) is 19.5 Å². The van der Waals surface area contributed by atoms with E-state index in [9.17, 15) is 4.79 Å². The second-order valence-corrected chi connectivity index (χ2v) is 5.31. The fraction of sp³-hybridized carbons (Fsp3) is 0.600. The van der Waals surface area contributed by atoms with Gasteiger partial charge in [-0.25, -0.2) is 4.98 Å². The molecule has 0 saturated carbocycles. The Morgan fingerprint density at radius 1 is 1.65 bits per heavy atom. The molecule has 0 aliphatic carbocycles. The number of hydrogen-bond donors (Lipinski definition) is 0. The molecule has 0 aromatic carbocycles. The molecule has 1 aliphatic rings. The van der Waals surface area contributed by atoms with E-state index in [-0.39, 0.29) is 11.8 Å². The van der Waals surface area contributed by atoms with E-state index in [2.05, 4.69) is 15.0 Å². The fourth-order valence-electron chi connectivity index (χ4n) is 1.81. The summed E-state index contributed by atoms with van der Waals surface area (Å²) in [4.78, 5) is 21.8. The highest BCUT2D eigenvalue weighted by atomic mass is 32.1. The van der Waals surface area contributed by atoms with Crippen LogP contribution >= 0.6 is 11.3 Å². The molecule has 1 saturated heterocycles. The molecule has 1 aliphatic heterocycles. The molecule has 1 aromatic heterocycles. The van der Waals surface area contributed by atoms with Gasteiger partial charge >= 0.3 is 0 Å². The molecule has 2 heterocycles. The number of amides is 1. The molecule has 2 rings (SSSR count). The summed E-state index contributed by atoms with van der Waals surface area (Å²) in [6, 6.07) is 0. The van der Waals surface area contributed by atoms with Crippen LogP contribution in [0.25, 0.3) is 10.4 Å². The predicted molar refractivity (Wildman–Crippen MR) is 66.1 cm³/mol. The number of aromatic nitrogens is 1. The molecule has 7 heteroatoms. The second-order valence-electron chi connectivity index (χ2n) is 4.13. The highest BCUT2D eigenvalue weighted by molar-refractivity contribution is 7.15. The lowest BCUT2D eigenvalue weighted by Crippen LogP contribution is -2.24. The minimum absolute atomic E-state index is 0.0666. The quantitative estimate of drug-likeness (QED) is 0.469. The van der Waals surface area contributed by atoms with Crippen molar-refractivity contribution >= 4 is 22.4 Å². The maximum Gasteiger partial charge on any atom is 0.229 e. The van der Waals surface area contributed by atoms with Gasteiger partial charge in [0.25, 0.3) is 0 Å². The Kier molecular flexibility index (Phi) is 3.31. The van der Waals surface area contributed by atoms with E-state index in [1.807, 2.05) is 13.8 Å². The van der Waals surface area contributed by atoms with Gasteiger partial charge in [0.2, 0.25) is 5.91 Å². The first kappa shape index (κ1) is 11.9. The minimum Gasteiger partial charge on any atom is -0.288 e. The summed E-state index contributed by atoms with van der Waals surface area (Å²) in [5.41, 5.74) is 9.23. The largest absolute Gasteiger partial charge is 0.288 e. The average Bonchev–Trinajstić information content (AvgIpc) is 2.80. The Bertz CT molecular complexity index is 471. The molecule has 17 heavy (non-hydrogen) atoms. The molecule has 0 radical (unpaired) electrons. The number of hydrogen-bond acceptors (Lipinski definition) is 4. The third kappa shape index (κ3) is 2.40. The van der Waals surface area contributed by atoms with Crippen LogP contribution in [0.3, 0.4) is 0 Å². The van der Waals surface area contributed by atoms with E-state index in [1.165, 1.54) is 11.3 Å². The number of azide groups is 1. The van der Waals surface area contributed by atoms with Crippen molar-refractivity contribution in [2.75, 3.05) is 18.0 Å². The Labute approximate surface area is 103 Å². The molecule has 0 bridgehead atoms. The molecular weight excluding hydrogens is 238 g/mol. The van der Waals surface area contributed by atoms with E-state index in [4.69, 9.17) is 5.53 Å². The van der Waals surface area contributed by atoms with Gasteiger partial charge < -0.3 is 0 Å². The van der Waals surface area contributed by atoms with Crippen LogP contribution in [0.5, 0.6) is 0 Å². The average molecular weight is 251 g/mol. The van der Waals surface area contributed by atoms with Crippen molar-refractivity contribution in [2.24, 2.45) is 11.0 Å². The standard InChI is InChI=1S/C10H13N5OS/c1-6-7(2)17-10(13-6)15-5-8(3-9(15)16)4-12-14-11/h8H,3-5H2,1-2H3. The summed E-state index contributed by atoms with van der Waals surface area (Å²) in [5.74, 6) is 0.180. The Morgan fingerprint density at radius 3 is 3.00 bits per heavy atom. The molecule has 1 unspecified atom stereocenters. The lowest BCUT2D eigenvalue weighted by atomic mass is 10.1. The van der Waals surface area contributed by atoms with Crippen molar-refractivity contribution < 1.29 is 4.79 Å². The molecule has 1 fully saturated rings. The first-order chi connectivity index (χ1) is 8.11. The Hall–Kier alpha value is -1.59. The number of carbonyl (C=O) groups is 1. The summed E-state index contributed by atoms with van der Waals surface area (Å²) in [5, 5.41) is 4.28. The highest BCUT2D eigenvalue weighted by Crippen LogP contribution is 2.30. The van der Waals surface area contributed by atoms with Crippen molar-refractivity contribution in [3.63, 3.8) is 0 Å². The van der Waals surface area contributed by atoms with Gasteiger partial charge in [-0.3, -0.25) is 9.69 Å². The molecule has 6 nitrogen and oxygen atoms in total. The molecule has 1 aromatic rings. The number of carbonyl (C=O) groups excluding carboxylic acids is 1. The number of rotatable bonds is 3. The monoisotopic (exact) mass is 251 g/mol. The lowest BCUT2D eigenvalue weighted by molar-refractivity contribution is -0.117. The molecule has 0 N–H and O–H groups in total. The maximum atomic E-state index is 11.8. The maximum absolute atomic E-state index is 11.8. The number of thiazole rings is 1. The molecule has 1 amide bonds. The van der Waals surface area contributed by atoms with E-state index >= 15 is 0 Å². The van der Waals surface area contributed by atoms with Crippen LogP contribution in [0, 0.1) is 19.8 Å². The molecule has 90 valence electrons. The van der Waals surface area contributed by atoms with Crippen molar-refractivity contribution in [3.05, 3.63) is 21.0 Å². The van der Waals surface area contributed by atoms with Crippen molar-refractivity contribution in [2.45, 2.75) is 20.3 Å². The van der Waals surface area contributed by atoms with Gasteiger partial charge in [0.15, 0.2) is 5.13 Å². The fourth-order valence-corrected chi connectivity index (χ4v) is 2.75. The minimum atomic E-state index is 0.0666. The van der Waals surface area contributed by atoms with E-state index < -0.39 is 0 Å². The normalized spacial score (nSPS) is 19.5. The van der Waals surface area contributed by atoms with Crippen LogP contribution < -0.4 is 4.90 Å². The Morgan fingerprint density at radius 2 is 2.41 bits per heavy atom. The smallest absolute Gasteiger partial charge is 0.229 e. The van der Waals surface area contributed by atoms with E-state index in [0.717, 1.165) is 15.7 Å². The van der Waals surface area contributed by atoms with Gasteiger partial charge in [0.05, 0.1) is 5.69 Å². The SMILES string of the molecule is Cc1nc(N2CC(CN=[N+]=[N-])CC2=O)sc1C. The molecular formula is C10H13N5OS. The second kappa shape index (κ2) is 4.73. The zero-order chi connectivity index (χ0) is 12.4. The summed E-state index contributed by atoms with van der Waals surface area (Å²) in [7, 11) is 0. The summed E-state index contributed by atoms with van der Waals surface area (Å²) >= 11 is 1.53. The summed E-state index contributed by atoms with van der Waals surface area (Å²) in [6.45, 7) is 4.91. The molecule has 0 spiro atoms. The van der Waals surface area contributed by atoms with Gasteiger partial charge in [-0.05, 0) is 25.3 Å². The number of aryl methyl sites for hydroxylation is 2. The summed E-state index contributed by atoms with van der Waals surface area (Å²) < 4.78 is 0. The van der Waals surface area contributed by atoms with Gasteiger partial charge in [0.1, 0.15) is 0 Å². The third-order valence-corrected chi connectivity index (χ3v) is 3.95. The number of anilines is 1. The highest BCUT2D eigenvalue weighted by Gasteiger charge is 2.31. The van der Waals surface area contributed by atoms with Crippen LogP contribution in [-0.2, 0) is 4.79 Å². The Balaban J connectivity index is 2.12. The van der Waals surface area contributed by atoms with Crippen LogP contribution in [-0.4, -0.2) is 24.0 Å². The topological polar surface area (TPSA) is 82.0 Å².